The van der Waals surface area contributed by atoms with Crippen molar-refractivity contribution < 1.29 is 9.84 Å². The zero-order chi connectivity index (χ0) is 12.5. The van der Waals surface area contributed by atoms with E-state index in [1.807, 2.05) is 49.4 Å². The highest BCUT2D eigenvalue weighted by molar-refractivity contribution is 7.99. The van der Waals surface area contributed by atoms with E-state index < -0.39 is 6.10 Å². The summed E-state index contributed by atoms with van der Waals surface area (Å²) in [5, 5.41) is 9.88. The van der Waals surface area contributed by atoms with Crippen molar-refractivity contribution in [3.8, 4) is 11.5 Å². The van der Waals surface area contributed by atoms with Crippen molar-refractivity contribution in [1.29, 1.82) is 0 Å². The Morgan fingerprint density at radius 1 is 1.11 bits per heavy atom. The van der Waals surface area contributed by atoms with Crippen LogP contribution in [0.15, 0.2) is 52.3 Å². The van der Waals surface area contributed by atoms with Crippen LogP contribution >= 0.6 is 11.8 Å². The van der Waals surface area contributed by atoms with Gasteiger partial charge < -0.3 is 9.84 Å². The molecule has 0 fully saturated rings. The molecule has 2 aromatic rings. The quantitative estimate of drug-likeness (QED) is 0.739. The third kappa shape index (κ3) is 2.00. The normalized spacial score (nSPS) is 14.3. The summed E-state index contributed by atoms with van der Waals surface area (Å²) >= 11 is 1.69. The Labute approximate surface area is 111 Å². The molecule has 1 aliphatic rings. The molecule has 3 heteroatoms. The molecule has 0 saturated heterocycles. The maximum Gasteiger partial charge on any atom is 0.141 e. The van der Waals surface area contributed by atoms with Gasteiger partial charge in [-0.15, -0.1) is 0 Å². The lowest BCUT2D eigenvalue weighted by Crippen LogP contribution is -1.99. The Morgan fingerprint density at radius 2 is 1.89 bits per heavy atom. The predicted molar refractivity (Wildman–Crippen MR) is 72.3 cm³/mol. The number of aliphatic hydroxyl groups excluding tert-OH is 1. The fraction of sp³-hybridized carbons (Fsp3) is 0.200. The highest BCUT2D eigenvalue weighted by Crippen LogP contribution is 2.47. The highest BCUT2D eigenvalue weighted by Gasteiger charge is 2.18. The van der Waals surface area contributed by atoms with Crippen LogP contribution in [0.5, 0.6) is 11.5 Å². The first-order valence-electron chi connectivity index (χ1n) is 6.04. The molecule has 92 valence electrons. The Balaban J connectivity index is 1.98. The maximum absolute atomic E-state index is 9.88. The first-order valence-corrected chi connectivity index (χ1v) is 6.86. The fourth-order valence-corrected chi connectivity index (χ4v) is 2.99. The van der Waals surface area contributed by atoms with E-state index in [4.69, 9.17) is 4.74 Å². The van der Waals surface area contributed by atoms with Crippen LogP contribution in [0.3, 0.4) is 0 Å². The molecule has 0 aromatic heterocycles. The van der Waals surface area contributed by atoms with Crippen molar-refractivity contribution in [3.63, 3.8) is 0 Å². The lowest BCUT2D eigenvalue weighted by Gasteiger charge is -2.20. The Bertz CT molecular complexity index is 580. The van der Waals surface area contributed by atoms with Crippen molar-refractivity contribution in [2.24, 2.45) is 0 Å². The highest BCUT2D eigenvalue weighted by atomic mass is 32.2. The predicted octanol–water partition coefficient (Wildman–Crippen LogP) is 4.39. The minimum Gasteiger partial charge on any atom is -0.455 e. The van der Waals surface area contributed by atoms with Crippen LogP contribution in [-0.2, 0) is 0 Å². The number of benzene rings is 2. The number of ether oxygens (including phenoxy) is 1. The monoisotopic (exact) mass is 258 g/mol. The first kappa shape index (κ1) is 11.6. The number of aliphatic hydroxyl groups is 1. The van der Waals surface area contributed by atoms with Crippen molar-refractivity contribution in [2.45, 2.75) is 29.2 Å². The van der Waals surface area contributed by atoms with E-state index in [1.165, 1.54) is 0 Å². The second kappa shape index (κ2) is 4.67. The maximum atomic E-state index is 9.88. The van der Waals surface area contributed by atoms with Crippen molar-refractivity contribution >= 4 is 11.8 Å². The SMILES string of the molecule is CC[C@H](O)c1ccc2c(c1)Sc1ccccc1O2. The number of hydrogen-bond acceptors (Lipinski definition) is 3. The van der Waals surface area contributed by atoms with E-state index in [9.17, 15) is 5.11 Å². The van der Waals surface area contributed by atoms with Gasteiger partial charge in [0, 0.05) is 0 Å². The summed E-state index contributed by atoms with van der Waals surface area (Å²) in [7, 11) is 0. The molecule has 3 rings (SSSR count). The van der Waals surface area contributed by atoms with Gasteiger partial charge in [0.05, 0.1) is 15.9 Å². The zero-order valence-electron chi connectivity index (χ0n) is 10.1. The molecular formula is C15H14O2S. The first-order chi connectivity index (χ1) is 8.78. The Morgan fingerprint density at radius 3 is 2.72 bits per heavy atom. The van der Waals surface area contributed by atoms with Gasteiger partial charge in [-0.1, -0.05) is 36.9 Å². The summed E-state index contributed by atoms with van der Waals surface area (Å²) in [6.07, 6.45) is 0.328. The lowest BCUT2D eigenvalue weighted by molar-refractivity contribution is 0.173. The topological polar surface area (TPSA) is 29.5 Å². The van der Waals surface area contributed by atoms with Gasteiger partial charge in [0.25, 0.3) is 0 Å². The average molecular weight is 258 g/mol. The van der Waals surface area contributed by atoms with Crippen LogP contribution in [0.4, 0.5) is 0 Å². The molecule has 0 radical (unpaired) electrons. The molecule has 1 atom stereocenters. The van der Waals surface area contributed by atoms with Crippen LogP contribution in [0.25, 0.3) is 0 Å². The molecular weight excluding hydrogens is 244 g/mol. The molecule has 18 heavy (non-hydrogen) atoms. The second-order valence-corrected chi connectivity index (χ2v) is 5.36. The minimum atomic E-state index is -0.395. The van der Waals surface area contributed by atoms with Crippen LogP contribution in [0.1, 0.15) is 25.0 Å². The summed E-state index contributed by atoms with van der Waals surface area (Å²) in [5.41, 5.74) is 0.951. The van der Waals surface area contributed by atoms with Crippen molar-refractivity contribution in [3.05, 3.63) is 48.0 Å². The smallest absolute Gasteiger partial charge is 0.141 e. The second-order valence-electron chi connectivity index (χ2n) is 4.28. The minimum absolute atomic E-state index is 0.395. The van der Waals surface area contributed by atoms with E-state index in [-0.39, 0.29) is 0 Å². The number of hydrogen-bond donors (Lipinski definition) is 1. The molecule has 2 aromatic carbocycles. The summed E-state index contributed by atoms with van der Waals surface area (Å²) < 4.78 is 5.84. The van der Waals surface area contributed by atoms with Crippen molar-refractivity contribution in [1.82, 2.24) is 0 Å². The molecule has 0 amide bonds. The van der Waals surface area contributed by atoms with Gasteiger partial charge >= 0.3 is 0 Å². The third-order valence-electron chi connectivity index (χ3n) is 3.03. The average Bonchev–Trinajstić information content (AvgIpc) is 2.43. The van der Waals surface area contributed by atoms with Crippen LogP contribution < -0.4 is 4.74 Å². The summed E-state index contributed by atoms with van der Waals surface area (Å²) in [5.74, 6) is 1.77. The van der Waals surface area contributed by atoms with Gasteiger partial charge in [0.1, 0.15) is 11.5 Å². The largest absolute Gasteiger partial charge is 0.455 e. The Hall–Kier alpha value is -1.45. The van der Waals surface area contributed by atoms with E-state index in [0.717, 1.165) is 33.3 Å². The number of rotatable bonds is 2. The summed E-state index contributed by atoms with van der Waals surface area (Å²) in [6, 6.07) is 13.9. The van der Waals surface area contributed by atoms with E-state index in [0.29, 0.717) is 0 Å². The molecule has 1 heterocycles. The molecule has 1 aliphatic heterocycles. The van der Waals surface area contributed by atoms with Crippen molar-refractivity contribution in [2.75, 3.05) is 0 Å². The third-order valence-corrected chi connectivity index (χ3v) is 4.12. The lowest BCUT2D eigenvalue weighted by atomic mass is 10.1. The van der Waals surface area contributed by atoms with Gasteiger partial charge in [-0.2, -0.15) is 0 Å². The summed E-state index contributed by atoms with van der Waals surface area (Å²) in [4.78, 5) is 2.19. The molecule has 0 bridgehead atoms. The van der Waals surface area contributed by atoms with Gasteiger partial charge in [-0.25, -0.2) is 0 Å². The van der Waals surface area contributed by atoms with Crippen LogP contribution in [0, 0.1) is 0 Å². The fourth-order valence-electron chi connectivity index (χ4n) is 1.99. The molecule has 2 nitrogen and oxygen atoms in total. The molecule has 1 N–H and O–H groups in total. The number of para-hydroxylation sites is 1. The zero-order valence-corrected chi connectivity index (χ0v) is 10.9. The Kier molecular flexibility index (Phi) is 3.02. The van der Waals surface area contributed by atoms with Gasteiger partial charge in [0.15, 0.2) is 0 Å². The van der Waals surface area contributed by atoms with E-state index >= 15 is 0 Å². The van der Waals surface area contributed by atoms with Crippen LogP contribution in [0.2, 0.25) is 0 Å². The van der Waals surface area contributed by atoms with Gasteiger partial charge in [-0.05, 0) is 36.2 Å². The van der Waals surface area contributed by atoms with E-state index in [2.05, 4.69) is 0 Å². The van der Waals surface area contributed by atoms with E-state index in [1.54, 1.807) is 11.8 Å². The number of fused-ring (bicyclic) bond motifs is 2. The van der Waals surface area contributed by atoms with Gasteiger partial charge in [-0.3, -0.25) is 0 Å². The summed E-state index contributed by atoms with van der Waals surface area (Å²) in [6.45, 7) is 1.98. The van der Waals surface area contributed by atoms with Gasteiger partial charge in [0.2, 0.25) is 0 Å². The molecule has 0 spiro atoms. The molecule has 0 aliphatic carbocycles. The standard InChI is InChI=1S/C15H14O2S/c1-2-11(16)10-7-8-13-15(9-10)18-14-6-4-3-5-12(14)17-13/h3-9,11,16H,2H2,1H3/t11-/m0/s1. The molecule has 0 saturated carbocycles. The van der Waals surface area contributed by atoms with Crippen LogP contribution in [-0.4, -0.2) is 5.11 Å². The molecule has 0 unspecified atom stereocenters.